The van der Waals surface area contributed by atoms with Gasteiger partial charge in [-0.05, 0) is 12.1 Å². The van der Waals surface area contributed by atoms with Crippen molar-refractivity contribution in [1.82, 2.24) is 14.9 Å². The number of nitrogens with one attached hydrogen (secondary N) is 2. The molecule has 0 radical (unpaired) electrons. The monoisotopic (exact) mass is 277 g/mol. The molecule has 7 heteroatoms. The van der Waals surface area contributed by atoms with Crippen molar-refractivity contribution in [3.8, 4) is 0 Å². The number of hydrogen-bond donors (Lipinski definition) is 4. The van der Waals surface area contributed by atoms with Crippen LogP contribution in [0.5, 0.6) is 0 Å². The first-order chi connectivity index (χ1) is 9.34. The zero-order valence-electron chi connectivity index (χ0n) is 11.8. The van der Waals surface area contributed by atoms with E-state index in [4.69, 9.17) is 10.9 Å². The number of amides is 1. The maximum atomic E-state index is 11.1. The minimum Gasteiger partial charge on any atom is -0.385 e. The van der Waals surface area contributed by atoms with Gasteiger partial charge in [0.15, 0.2) is 0 Å². The van der Waals surface area contributed by atoms with Gasteiger partial charge >= 0.3 is 0 Å². The molecule has 2 rings (SSSR count). The van der Waals surface area contributed by atoms with Crippen LogP contribution >= 0.6 is 0 Å². The van der Waals surface area contributed by atoms with Gasteiger partial charge in [0.1, 0.15) is 17.3 Å². The summed E-state index contributed by atoms with van der Waals surface area (Å²) in [5.74, 6) is 0.633. The molecule has 2 aromatic rings. The Kier molecular flexibility index (Phi) is 3.54. The Bertz CT molecular complexity index is 642. The Morgan fingerprint density at radius 2 is 2.15 bits per heavy atom. The number of aromatic nitrogens is 2. The summed E-state index contributed by atoms with van der Waals surface area (Å²) in [5, 5.41) is 11.5. The lowest BCUT2D eigenvalue weighted by atomic mass is 9.92. The molecule has 5 N–H and O–H groups in total. The standard InChI is InChI=1S/C13H19N5O2/c1-13(2,3)11-12(15-7-10(19)17-20)16-9-6-4-5-8(14)18(9)11/h4-6,15,20H,7,14H2,1-3H3,(H,17,19). The molecule has 0 bridgehead atoms. The van der Waals surface area contributed by atoms with E-state index in [0.29, 0.717) is 17.3 Å². The van der Waals surface area contributed by atoms with Crippen LogP contribution in [0.3, 0.4) is 0 Å². The Labute approximate surface area is 116 Å². The van der Waals surface area contributed by atoms with Crippen molar-refractivity contribution < 1.29 is 10.0 Å². The van der Waals surface area contributed by atoms with Crippen molar-refractivity contribution in [2.75, 3.05) is 17.6 Å². The lowest BCUT2D eigenvalue weighted by Gasteiger charge is -2.21. The van der Waals surface area contributed by atoms with Gasteiger partial charge in [0.2, 0.25) is 0 Å². The van der Waals surface area contributed by atoms with Crippen molar-refractivity contribution >= 4 is 23.2 Å². The number of carbonyl (C=O) groups is 1. The normalized spacial score (nSPS) is 11.6. The number of nitrogens with zero attached hydrogens (tertiary/aromatic N) is 2. The van der Waals surface area contributed by atoms with E-state index in [1.165, 1.54) is 0 Å². The highest BCUT2D eigenvalue weighted by molar-refractivity contribution is 5.79. The fraction of sp³-hybridized carbons (Fsp3) is 0.385. The second-order valence-electron chi connectivity index (χ2n) is 5.59. The fourth-order valence-electron chi connectivity index (χ4n) is 2.14. The van der Waals surface area contributed by atoms with Gasteiger partial charge in [0.05, 0.1) is 12.2 Å². The third kappa shape index (κ3) is 2.53. The summed E-state index contributed by atoms with van der Waals surface area (Å²) < 4.78 is 1.86. The first kappa shape index (κ1) is 14.1. The van der Waals surface area contributed by atoms with Crippen LogP contribution in [0.15, 0.2) is 18.2 Å². The molecule has 108 valence electrons. The molecule has 0 aliphatic heterocycles. The van der Waals surface area contributed by atoms with E-state index in [1.807, 2.05) is 37.3 Å². The molecule has 2 heterocycles. The third-order valence-corrected chi connectivity index (χ3v) is 2.93. The first-order valence-electron chi connectivity index (χ1n) is 6.29. The molecule has 0 saturated heterocycles. The molecule has 0 spiro atoms. The van der Waals surface area contributed by atoms with E-state index < -0.39 is 5.91 Å². The summed E-state index contributed by atoms with van der Waals surface area (Å²) in [6, 6.07) is 5.48. The maximum absolute atomic E-state index is 11.1. The number of hydroxylamine groups is 1. The van der Waals surface area contributed by atoms with Crippen LogP contribution in [0.25, 0.3) is 5.65 Å². The highest BCUT2D eigenvalue weighted by atomic mass is 16.5. The van der Waals surface area contributed by atoms with Crippen LogP contribution in [0, 0.1) is 0 Å². The Morgan fingerprint density at radius 3 is 2.75 bits per heavy atom. The molecule has 0 aliphatic rings. The second kappa shape index (κ2) is 5.01. The van der Waals surface area contributed by atoms with Gasteiger partial charge < -0.3 is 11.1 Å². The molecule has 20 heavy (non-hydrogen) atoms. The van der Waals surface area contributed by atoms with Crippen LogP contribution in [0.1, 0.15) is 26.5 Å². The van der Waals surface area contributed by atoms with Gasteiger partial charge in [0.25, 0.3) is 5.91 Å². The van der Waals surface area contributed by atoms with Crippen LogP contribution in [0.4, 0.5) is 11.6 Å². The van der Waals surface area contributed by atoms with Crippen molar-refractivity contribution in [2.45, 2.75) is 26.2 Å². The summed E-state index contributed by atoms with van der Waals surface area (Å²) in [4.78, 5) is 15.6. The lowest BCUT2D eigenvalue weighted by Crippen LogP contribution is -2.28. The number of pyridine rings is 1. The van der Waals surface area contributed by atoms with E-state index in [1.54, 1.807) is 11.5 Å². The van der Waals surface area contributed by atoms with Crippen molar-refractivity contribution in [2.24, 2.45) is 0 Å². The Morgan fingerprint density at radius 1 is 1.45 bits per heavy atom. The summed E-state index contributed by atoms with van der Waals surface area (Å²) in [5.41, 5.74) is 8.98. The number of nitrogens with two attached hydrogens (primary N) is 1. The van der Waals surface area contributed by atoms with Crippen LogP contribution in [-0.4, -0.2) is 27.0 Å². The largest absolute Gasteiger partial charge is 0.385 e. The smallest absolute Gasteiger partial charge is 0.262 e. The highest BCUT2D eigenvalue weighted by Crippen LogP contribution is 2.31. The molecule has 0 fully saturated rings. The second-order valence-corrected chi connectivity index (χ2v) is 5.59. The summed E-state index contributed by atoms with van der Waals surface area (Å²) in [6.07, 6.45) is 0. The zero-order chi connectivity index (χ0) is 14.9. The van der Waals surface area contributed by atoms with Gasteiger partial charge in [0, 0.05) is 5.41 Å². The van der Waals surface area contributed by atoms with Crippen LogP contribution in [0.2, 0.25) is 0 Å². The van der Waals surface area contributed by atoms with E-state index in [0.717, 1.165) is 5.69 Å². The molecule has 2 aromatic heterocycles. The number of anilines is 2. The molecule has 0 aromatic carbocycles. The molecular formula is C13H19N5O2. The fourth-order valence-corrected chi connectivity index (χ4v) is 2.14. The number of hydrogen-bond acceptors (Lipinski definition) is 5. The minimum absolute atomic E-state index is 0.0661. The summed E-state index contributed by atoms with van der Waals surface area (Å²) in [6.45, 7) is 6.06. The predicted octanol–water partition coefficient (Wildman–Crippen LogP) is 1.13. The van der Waals surface area contributed by atoms with E-state index in [2.05, 4.69) is 10.3 Å². The average Bonchev–Trinajstić information content (AvgIpc) is 2.75. The topological polar surface area (TPSA) is 105 Å². The Hall–Kier alpha value is -2.28. The quantitative estimate of drug-likeness (QED) is 0.497. The van der Waals surface area contributed by atoms with Crippen molar-refractivity contribution in [3.05, 3.63) is 23.9 Å². The molecule has 0 atom stereocenters. The van der Waals surface area contributed by atoms with E-state index in [-0.39, 0.29) is 12.0 Å². The molecule has 7 nitrogen and oxygen atoms in total. The van der Waals surface area contributed by atoms with Gasteiger partial charge in [-0.3, -0.25) is 14.4 Å². The molecular weight excluding hydrogens is 258 g/mol. The van der Waals surface area contributed by atoms with Gasteiger partial charge in [-0.2, -0.15) is 0 Å². The summed E-state index contributed by atoms with van der Waals surface area (Å²) >= 11 is 0. The SMILES string of the molecule is CC(C)(C)c1c(NCC(=O)NO)nc2cccc(N)n12. The number of fused-ring (bicyclic) bond motifs is 1. The average molecular weight is 277 g/mol. The predicted molar refractivity (Wildman–Crippen MR) is 76.7 cm³/mol. The van der Waals surface area contributed by atoms with Gasteiger partial charge in [-0.25, -0.2) is 10.5 Å². The number of rotatable bonds is 3. The van der Waals surface area contributed by atoms with E-state index in [9.17, 15) is 4.79 Å². The van der Waals surface area contributed by atoms with Crippen LogP contribution < -0.4 is 16.5 Å². The van der Waals surface area contributed by atoms with E-state index >= 15 is 0 Å². The van der Waals surface area contributed by atoms with Crippen molar-refractivity contribution in [1.29, 1.82) is 0 Å². The van der Waals surface area contributed by atoms with Gasteiger partial charge in [-0.1, -0.05) is 26.8 Å². The van der Waals surface area contributed by atoms with Crippen molar-refractivity contribution in [3.63, 3.8) is 0 Å². The molecule has 0 unspecified atom stereocenters. The number of nitrogen functional groups attached to an aromatic ring is 1. The Balaban J connectivity index is 2.53. The van der Waals surface area contributed by atoms with Gasteiger partial charge in [-0.15, -0.1) is 0 Å². The minimum atomic E-state index is -0.533. The molecule has 0 aliphatic carbocycles. The number of carbonyl (C=O) groups excluding carboxylic acids is 1. The first-order valence-corrected chi connectivity index (χ1v) is 6.29. The zero-order valence-corrected chi connectivity index (χ0v) is 11.8. The molecule has 0 saturated carbocycles. The van der Waals surface area contributed by atoms with Crippen LogP contribution in [-0.2, 0) is 10.2 Å². The number of imidazole rings is 1. The molecule has 1 amide bonds. The summed E-state index contributed by atoms with van der Waals surface area (Å²) in [7, 11) is 0. The highest BCUT2D eigenvalue weighted by Gasteiger charge is 2.25. The maximum Gasteiger partial charge on any atom is 0.262 e. The lowest BCUT2D eigenvalue weighted by molar-refractivity contribution is -0.127. The third-order valence-electron chi connectivity index (χ3n) is 2.93.